The molecule has 5 heteroatoms. The summed E-state index contributed by atoms with van der Waals surface area (Å²) in [5.41, 5.74) is 0. The molecule has 0 atom stereocenters. The maximum atomic E-state index is 8.38. The SMILES string of the molecule is OP(O)Oc1cccnc1. The van der Waals surface area contributed by atoms with E-state index in [4.69, 9.17) is 9.79 Å². The van der Waals surface area contributed by atoms with Crippen molar-refractivity contribution in [2.75, 3.05) is 0 Å². The van der Waals surface area contributed by atoms with Crippen LogP contribution in [0.25, 0.3) is 0 Å². The smallest absolute Gasteiger partial charge is 0.391 e. The highest BCUT2D eigenvalue weighted by Gasteiger charge is 1.99. The van der Waals surface area contributed by atoms with Gasteiger partial charge in [-0.2, -0.15) is 0 Å². The second-order valence-electron chi connectivity index (χ2n) is 1.53. The van der Waals surface area contributed by atoms with Crippen LogP contribution < -0.4 is 4.52 Å². The van der Waals surface area contributed by atoms with Crippen LogP contribution in [0.15, 0.2) is 24.5 Å². The van der Waals surface area contributed by atoms with E-state index in [9.17, 15) is 0 Å². The van der Waals surface area contributed by atoms with Gasteiger partial charge in [-0.25, -0.2) is 0 Å². The highest BCUT2D eigenvalue weighted by molar-refractivity contribution is 7.39. The lowest BCUT2D eigenvalue weighted by Crippen LogP contribution is -1.84. The molecule has 0 bridgehead atoms. The van der Waals surface area contributed by atoms with Gasteiger partial charge in [0.1, 0.15) is 5.75 Å². The summed E-state index contributed by atoms with van der Waals surface area (Å²) in [4.78, 5) is 20.5. The molecule has 10 heavy (non-hydrogen) atoms. The molecule has 0 aromatic carbocycles. The van der Waals surface area contributed by atoms with E-state index in [2.05, 4.69) is 9.51 Å². The van der Waals surface area contributed by atoms with Crippen LogP contribution in [-0.4, -0.2) is 14.8 Å². The third-order valence-corrected chi connectivity index (χ3v) is 1.20. The molecule has 2 N–H and O–H groups in total. The van der Waals surface area contributed by atoms with E-state index in [0.29, 0.717) is 5.75 Å². The minimum atomic E-state index is -2.32. The first kappa shape index (κ1) is 7.41. The van der Waals surface area contributed by atoms with Crippen LogP contribution in [-0.2, 0) is 0 Å². The van der Waals surface area contributed by atoms with Gasteiger partial charge in [-0.3, -0.25) is 4.98 Å². The fourth-order valence-corrected chi connectivity index (χ4v) is 0.792. The number of hydrogen-bond donors (Lipinski definition) is 2. The van der Waals surface area contributed by atoms with Crippen molar-refractivity contribution in [3.05, 3.63) is 24.5 Å². The molecule has 0 aliphatic carbocycles. The lowest BCUT2D eigenvalue weighted by atomic mass is 10.5. The summed E-state index contributed by atoms with van der Waals surface area (Å²) in [6.45, 7) is 0. The number of pyridine rings is 1. The summed E-state index contributed by atoms with van der Waals surface area (Å²) >= 11 is 0. The first-order valence-corrected chi connectivity index (χ1v) is 3.71. The number of aromatic nitrogens is 1. The molecule has 0 saturated heterocycles. The Bertz CT molecular complexity index is 191. The third-order valence-electron chi connectivity index (χ3n) is 0.821. The highest BCUT2D eigenvalue weighted by Crippen LogP contribution is 2.27. The molecular formula is C5H6NO3P. The summed E-state index contributed by atoms with van der Waals surface area (Å²) in [6.07, 6.45) is 2.98. The van der Waals surface area contributed by atoms with Crippen LogP contribution in [0.3, 0.4) is 0 Å². The number of rotatable bonds is 2. The van der Waals surface area contributed by atoms with Gasteiger partial charge in [0.15, 0.2) is 0 Å². The van der Waals surface area contributed by atoms with Crippen molar-refractivity contribution in [1.82, 2.24) is 4.98 Å². The molecule has 1 aromatic heterocycles. The van der Waals surface area contributed by atoms with Gasteiger partial charge in [-0.15, -0.1) is 0 Å². The van der Waals surface area contributed by atoms with Crippen LogP contribution in [0, 0.1) is 0 Å². The summed E-state index contributed by atoms with van der Waals surface area (Å²) in [5, 5.41) is 0. The molecule has 0 radical (unpaired) electrons. The first-order valence-electron chi connectivity index (χ1n) is 2.55. The van der Waals surface area contributed by atoms with Crippen molar-refractivity contribution >= 4 is 8.60 Å². The fourth-order valence-electron chi connectivity index (χ4n) is 0.495. The molecule has 4 nitrogen and oxygen atoms in total. The van der Waals surface area contributed by atoms with Crippen molar-refractivity contribution in [3.8, 4) is 5.75 Å². The third kappa shape index (κ3) is 2.27. The van der Waals surface area contributed by atoms with E-state index in [0.717, 1.165) is 0 Å². The maximum absolute atomic E-state index is 8.38. The van der Waals surface area contributed by atoms with E-state index in [1.807, 2.05) is 0 Å². The van der Waals surface area contributed by atoms with Crippen LogP contribution >= 0.6 is 8.60 Å². The standard InChI is InChI=1S/C5H6NO3P/c7-10(8)9-5-2-1-3-6-4-5/h1-4,7-8H. The molecule has 0 fully saturated rings. The van der Waals surface area contributed by atoms with Gasteiger partial charge < -0.3 is 14.3 Å². The molecule has 54 valence electrons. The molecule has 0 unspecified atom stereocenters. The molecule has 1 rings (SSSR count). The summed E-state index contributed by atoms with van der Waals surface area (Å²) in [7, 11) is -2.32. The van der Waals surface area contributed by atoms with Crippen molar-refractivity contribution in [2.45, 2.75) is 0 Å². The molecule has 1 aromatic rings. The van der Waals surface area contributed by atoms with Crippen LogP contribution in [0.1, 0.15) is 0 Å². The number of nitrogens with zero attached hydrogens (tertiary/aromatic N) is 1. The average molecular weight is 159 g/mol. The zero-order valence-corrected chi connectivity index (χ0v) is 5.90. The first-order chi connectivity index (χ1) is 4.79. The molecule has 0 spiro atoms. The zero-order chi connectivity index (χ0) is 7.40. The minimum absolute atomic E-state index is 0.360. The summed E-state index contributed by atoms with van der Waals surface area (Å²) in [6, 6.07) is 3.24. The van der Waals surface area contributed by atoms with Gasteiger partial charge in [0.2, 0.25) is 0 Å². The predicted octanol–water partition coefficient (Wildman–Crippen LogP) is 0.672. The lowest BCUT2D eigenvalue weighted by molar-refractivity contribution is 0.374. The Morgan fingerprint density at radius 2 is 2.30 bits per heavy atom. The molecule has 0 saturated carbocycles. The minimum Gasteiger partial charge on any atom is -0.425 e. The molecule has 1 heterocycles. The second-order valence-corrected chi connectivity index (χ2v) is 2.22. The normalized spacial score (nSPS) is 9.90. The zero-order valence-electron chi connectivity index (χ0n) is 5.01. The van der Waals surface area contributed by atoms with Crippen molar-refractivity contribution in [2.24, 2.45) is 0 Å². The quantitative estimate of drug-likeness (QED) is 0.622. The van der Waals surface area contributed by atoms with Crippen LogP contribution in [0.4, 0.5) is 0 Å². The largest absolute Gasteiger partial charge is 0.425 e. The van der Waals surface area contributed by atoms with Gasteiger partial charge in [-0.1, -0.05) is 0 Å². The Kier molecular flexibility index (Phi) is 2.57. The monoisotopic (exact) mass is 159 g/mol. The van der Waals surface area contributed by atoms with Crippen LogP contribution in [0.2, 0.25) is 0 Å². The van der Waals surface area contributed by atoms with Gasteiger partial charge in [0.05, 0.1) is 6.20 Å². The molecule has 0 amide bonds. The van der Waals surface area contributed by atoms with E-state index in [1.54, 1.807) is 18.3 Å². The topological polar surface area (TPSA) is 62.6 Å². The molecule has 0 aliphatic rings. The van der Waals surface area contributed by atoms with Crippen molar-refractivity contribution in [1.29, 1.82) is 0 Å². The van der Waals surface area contributed by atoms with E-state index in [-0.39, 0.29) is 0 Å². The van der Waals surface area contributed by atoms with Gasteiger partial charge in [-0.05, 0) is 12.1 Å². The Morgan fingerprint density at radius 1 is 1.50 bits per heavy atom. The molecular weight excluding hydrogens is 153 g/mol. The Balaban J connectivity index is 2.59. The molecule has 0 aliphatic heterocycles. The van der Waals surface area contributed by atoms with E-state index >= 15 is 0 Å². The average Bonchev–Trinajstić information content (AvgIpc) is 1.88. The highest BCUT2D eigenvalue weighted by atomic mass is 31.2. The van der Waals surface area contributed by atoms with Gasteiger partial charge in [0.25, 0.3) is 0 Å². The van der Waals surface area contributed by atoms with Gasteiger partial charge in [0, 0.05) is 6.20 Å². The summed E-state index contributed by atoms with van der Waals surface area (Å²) in [5.74, 6) is 0.360. The van der Waals surface area contributed by atoms with Crippen LogP contribution in [0.5, 0.6) is 5.75 Å². The van der Waals surface area contributed by atoms with E-state index < -0.39 is 8.60 Å². The second kappa shape index (κ2) is 3.46. The van der Waals surface area contributed by atoms with E-state index in [1.165, 1.54) is 6.20 Å². The Morgan fingerprint density at radius 3 is 2.80 bits per heavy atom. The maximum Gasteiger partial charge on any atom is 0.391 e. The Labute approximate surface area is 59.1 Å². The Hall–Kier alpha value is -0.700. The predicted molar refractivity (Wildman–Crippen MR) is 36.2 cm³/mol. The summed E-state index contributed by atoms with van der Waals surface area (Å²) < 4.78 is 4.53. The van der Waals surface area contributed by atoms with Crippen molar-refractivity contribution in [3.63, 3.8) is 0 Å². The fraction of sp³-hybridized carbons (Fsp3) is 0. The lowest BCUT2D eigenvalue weighted by Gasteiger charge is -2.02. The number of hydrogen-bond acceptors (Lipinski definition) is 4. The van der Waals surface area contributed by atoms with Crippen molar-refractivity contribution < 1.29 is 14.3 Å². The van der Waals surface area contributed by atoms with Gasteiger partial charge >= 0.3 is 8.60 Å².